The molecule has 0 unspecified atom stereocenters. The summed E-state index contributed by atoms with van der Waals surface area (Å²) in [6.07, 6.45) is 1.66. The quantitative estimate of drug-likeness (QED) is 0.694. The van der Waals surface area contributed by atoms with Crippen LogP contribution in [0.15, 0.2) is 71.7 Å². The van der Waals surface area contributed by atoms with Crippen molar-refractivity contribution in [3.8, 4) is 0 Å². The summed E-state index contributed by atoms with van der Waals surface area (Å²) < 4.78 is 6.15. The topological polar surface area (TPSA) is 77.4 Å². The van der Waals surface area contributed by atoms with Crippen molar-refractivity contribution < 1.29 is 14.3 Å². The van der Waals surface area contributed by atoms with Gasteiger partial charge in [0.25, 0.3) is 11.5 Å². The van der Waals surface area contributed by atoms with E-state index in [1.807, 2.05) is 31.2 Å². The van der Waals surface area contributed by atoms with Gasteiger partial charge in [-0.1, -0.05) is 29.8 Å². The molecule has 3 aromatic rings. The molecule has 28 heavy (non-hydrogen) atoms. The van der Waals surface area contributed by atoms with E-state index in [1.54, 1.807) is 36.5 Å². The predicted molar refractivity (Wildman–Crippen MR) is 107 cm³/mol. The number of benzene rings is 2. The molecule has 3 rings (SSSR count). The minimum atomic E-state index is -0.505. The zero-order valence-corrected chi connectivity index (χ0v) is 15.6. The number of hydrogen-bond donors (Lipinski definition) is 1. The lowest BCUT2D eigenvalue weighted by molar-refractivity contribution is 0.0600. The summed E-state index contributed by atoms with van der Waals surface area (Å²) in [5, 5.41) is 2.68. The van der Waals surface area contributed by atoms with Gasteiger partial charge in [-0.15, -0.1) is 0 Å². The Kier molecular flexibility index (Phi) is 5.69. The number of carbonyl (C=O) groups excluding carboxylic acids is 2. The van der Waals surface area contributed by atoms with E-state index in [-0.39, 0.29) is 11.1 Å². The van der Waals surface area contributed by atoms with Crippen LogP contribution in [0.5, 0.6) is 0 Å². The van der Waals surface area contributed by atoms with Crippen LogP contribution in [0.3, 0.4) is 0 Å². The van der Waals surface area contributed by atoms with Gasteiger partial charge in [0.1, 0.15) is 5.56 Å². The number of hydrogen-bond acceptors (Lipinski definition) is 4. The molecule has 0 atom stereocenters. The molecular weight excluding hydrogens is 356 g/mol. The molecule has 0 aliphatic heterocycles. The molecule has 0 spiro atoms. The summed E-state index contributed by atoms with van der Waals surface area (Å²) in [6.45, 7) is 2.37. The van der Waals surface area contributed by atoms with Gasteiger partial charge in [-0.3, -0.25) is 9.59 Å². The number of anilines is 1. The smallest absolute Gasteiger partial charge is 0.337 e. The molecule has 0 fully saturated rings. The van der Waals surface area contributed by atoms with E-state index in [9.17, 15) is 14.4 Å². The van der Waals surface area contributed by atoms with E-state index in [2.05, 4.69) is 10.1 Å². The number of nitrogens with zero attached hydrogens (tertiary/aromatic N) is 1. The number of pyridine rings is 1. The lowest BCUT2D eigenvalue weighted by atomic mass is 10.1. The highest BCUT2D eigenvalue weighted by atomic mass is 16.5. The standard InChI is InChI=1S/C22H20N2O4/c1-15-5-3-6-16(13-15)14-24-12-4-7-19(21(24)26)20(25)23-18-10-8-17(9-11-18)22(27)28-2/h3-13H,14H2,1-2H3,(H,23,25). The summed E-state index contributed by atoms with van der Waals surface area (Å²) in [4.78, 5) is 36.7. The first-order valence-corrected chi connectivity index (χ1v) is 8.72. The maximum Gasteiger partial charge on any atom is 0.337 e. The van der Waals surface area contributed by atoms with Crippen molar-refractivity contribution in [1.29, 1.82) is 0 Å². The normalized spacial score (nSPS) is 10.4. The van der Waals surface area contributed by atoms with E-state index in [4.69, 9.17) is 0 Å². The number of carbonyl (C=O) groups is 2. The zero-order chi connectivity index (χ0) is 20.1. The summed E-state index contributed by atoms with van der Waals surface area (Å²) in [7, 11) is 1.30. The molecule has 0 saturated heterocycles. The Morgan fingerprint density at radius 1 is 1.04 bits per heavy atom. The Labute approximate surface area is 162 Å². The van der Waals surface area contributed by atoms with Crippen molar-refractivity contribution in [2.75, 3.05) is 12.4 Å². The predicted octanol–water partition coefficient (Wildman–Crippen LogP) is 3.24. The number of rotatable bonds is 5. The molecule has 0 aliphatic rings. The van der Waals surface area contributed by atoms with Crippen LogP contribution in [0.1, 0.15) is 31.8 Å². The van der Waals surface area contributed by atoms with Crippen LogP contribution in [-0.2, 0) is 11.3 Å². The highest BCUT2D eigenvalue weighted by molar-refractivity contribution is 6.04. The lowest BCUT2D eigenvalue weighted by Gasteiger charge is -2.10. The Morgan fingerprint density at radius 2 is 1.79 bits per heavy atom. The van der Waals surface area contributed by atoms with Gasteiger partial charge in [-0.2, -0.15) is 0 Å². The maximum absolute atomic E-state index is 12.7. The van der Waals surface area contributed by atoms with Crippen molar-refractivity contribution in [3.63, 3.8) is 0 Å². The first kappa shape index (κ1) is 19.1. The highest BCUT2D eigenvalue weighted by Crippen LogP contribution is 2.12. The summed E-state index contributed by atoms with van der Waals surface area (Å²) in [5.74, 6) is -0.964. The first-order valence-electron chi connectivity index (χ1n) is 8.72. The van der Waals surface area contributed by atoms with Gasteiger partial charge < -0.3 is 14.6 Å². The third-order valence-electron chi connectivity index (χ3n) is 4.26. The average molecular weight is 376 g/mol. The van der Waals surface area contributed by atoms with Crippen LogP contribution in [0.2, 0.25) is 0 Å². The molecule has 0 aliphatic carbocycles. The molecule has 2 aromatic carbocycles. The SMILES string of the molecule is COC(=O)c1ccc(NC(=O)c2cccn(Cc3cccc(C)c3)c2=O)cc1. The molecule has 0 saturated carbocycles. The number of methoxy groups -OCH3 is 1. The van der Waals surface area contributed by atoms with Crippen LogP contribution in [0.25, 0.3) is 0 Å². The van der Waals surface area contributed by atoms with E-state index in [1.165, 1.54) is 17.7 Å². The number of amides is 1. The van der Waals surface area contributed by atoms with Crippen molar-refractivity contribution in [1.82, 2.24) is 4.57 Å². The molecule has 6 nitrogen and oxygen atoms in total. The van der Waals surface area contributed by atoms with E-state index in [0.29, 0.717) is 17.8 Å². The largest absolute Gasteiger partial charge is 0.465 e. The minimum absolute atomic E-state index is 0.0483. The fourth-order valence-electron chi connectivity index (χ4n) is 2.85. The molecule has 1 aromatic heterocycles. The van der Waals surface area contributed by atoms with Gasteiger partial charge in [0.05, 0.1) is 19.2 Å². The minimum Gasteiger partial charge on any atom is -0.465 e. The Bertz CT molecular complexity index is 1070. The van der Waals surface area contributed by atoms with Crippen LogP contribution in [0.4, 0.5) is 5.69 Å². The van der Waals surface area contributed by atoms with Crippen molar-refractivity contribution in [3.05, 3.63) is 99.5 Å². The third kappa shape index (κ3) is 4.35. The number of aryl methyl sites for hydroxylation is 1. The summed E-state index contributed by atoms with van der Waals surface area (Å²) >= 11 is 0. The molecular formula is C22H20N2O4. The van der Waals surface area contributed by atoms with Crippen LogP contribution in [0, 0.1) is 6.92 Å². The van der Waals surface area contributed by atoms with Gasteiger partial charge in [0.15, 0.2) is 0 Å². The van der Waals surface area contributed by atoms with Crippen LogP contribution < -0.4 is 10.9 Å². The molecule has 142 valence electrons. The number of nitrogens with one attached hydrogen (secondary N) is 1. The molecule has 6 heteroatoms. The molecule has 1 N–H and O–H groups in total. The lowest BCUT2D eigenvalue weighted by Crippen LogP contribution is -2.29. The summed E-state index contributed by atoms with van der Waals surface area (Å²) in [5.41, 5.74) is 2.62. The van der Waals surface area contributed by atoms with E-state index >= 15 is 0 Å². The van der Waals surface area contributed by atoms with Crippen LogP contribution in [-0.4, -0.2) is 23.6 Å². The monoisotopic (exact) mass is 376 g/mol. The molecule has 0 bridgehead atoms. The van der Waals surface area contributed by atoms with E-state index in [0.717, 1.165) is 11.1 Å². The second-order valence-electron chi connectivity index (χ2n) is 6.37. The zero-order valence-electron chi connectivity index (χ0n) is 15.6. The Hall–Kier alpha value is -3.67. The summed E-state index contributed by atoms with van der Waals surface area (Å²) in [6, 6.07) is 17.3. The van der Waals surface area contributed by atoms with Gasteiger partial charge >= 0.3 is 5.97 Å². The van der Waals surface area contributed by atoms with Crippen molar-refractivity contribution >= 4 is 17.6 Å². The second kappa shape index (κ2) is 8.35. The Morgan fingerprint density at radius 3 is 2.46 bits per heavy atom. The van der Waals surface area contributed by atoms with Gasteiger partial charge in [-0.25, -0.2) is 4.79 Å². The number of aromatic nitrogens is 1. The van der Waals surface area contributed by atoms with Gasteiger partial charge in [0.2, 0.25) is 0 Å². The first-order chi connectivity index (χ1) is 13.5. The number of esters is 1. The van der Waals surface area contributed by atoms with Crippen LogP contribution >= 0.6 is 0 Å². The fraction of sp³-hybridized carbons (Fsp3) is 0.136. The number of ether oxygens (including phenoxy) is 1. The Balaban J connectivity index is 1.79. The molecule has 1 heterocycles. The van der Waals surface area contributed by atoms with E-state index < -0.39 is 11.9 Å². The molecule has 1 amide bonds. The third-order valence-corrected chi connectivity index (χ3v) is 4.26. The maximum atomic E-state index is 12.7. The van der Waals surface area contributed by atoms with Gasteiger partial charge in [0, 0.05) is 11.9 Å². The van der Waals surface area contributed by atoms with Crippen molar-refractivity contribution in [2.45, 2.75) is 13.5 Å². The highest BCUT2D eigenvalue weighted by Gasteiger charge is 2.13. The average Bonchev–Trinajstić information content (AvgIpc) is 2.69. The fourth-order valence-corrected chi connectivity index (χ4v) is 2.85. The van der Waals surface area contributed by atoms with Crippen molar-refractivity contribution in [2.24, 2.45) is 0 Å². The molecule has 0 radical (unpaired) electrons. The second-order valence-corrected chi connectivity index (χ2v) is 6.37. The van der Waals surface area contributed by atoms with Gasteiger partial charge in [-0.05, 0) is 48.9 Å².